The number of amides is 1. The molecule has 134 valence electrons. The van der Waals surface area contributed by atoms with Crippen molar-refractivity contribution in [3.8, 4) is 0 Å². The predicted octanol–water partition coefficient (Wildman–Crippen LogP) is 2.40. The van der Waals surface area contributed by atoms with E-state index in [-0.39, 0.29) is 10.5 Å². The maximum absolute atomic E-state index is 12.5. The summed E-state index contributed by atoms with van der Waals surface area (Å²) in [4.78, 5) is 11.7. The minimum Gasteiger partial charge on any atom is -0.343 e. The molecule has 1 aromatic carbocycles. The lowest BCUT2D eigenvalue weighted by Crippen LogP contribution is -2.37. The van der Waals surface area contributed by atoms with Crippen molar-refractivity contribution in [2.24, 2.45) is 5.92 Å². The van der Waals surface area contributed by atoms with Crippen LogP contribution in [0.15, 0.2) is 29.2 Å². The minimum atomic E-state index is -4.50. The first-order chi connectivity index (χ1) is 11.1. The van der Waals surface area contributed by atoms with Crippen LogP contribution in [0.1, 0.15) is 30.1 Å². The van der Waals surface area contributed by atoms with Gasteiger partial charge in [0.15, 0.2) is 0 Å². The largest absolute Gasteiger partial charge is 0.405 e. The molecular weight excluding hydrogens is 345 g/mol. The van der Waals surface area contributed by atoms with Crippen molar-refractivity contribution in [1.29, 1.82) is 0 Å². The topological polar surface area (TPSA) is 66.5 Å². The van der Waals surface area contributed by atoms with E-state index in [2.05, 4.69) is 6.92 Å². The number of halogens is 3. The van der Waals surface area contributed by atoms with Gasteiger partial charge in [-0.25, -0.2) is 8.42 Å². The number of nitrogens with zero attached hydrogens (tertiary/aromatic N) is 1. The summed E-state index contributed by atoms with van der Waals surface area (Å²) in [6.07, 6.45) is -2.92. The van der Waals surface area contributed by atoms with E-state index in [1.165, 1.54) is 28.6 Å². The monoisotopic (exact) mass is 364 g/mol. The molecule has 0 aliphatic carbocycles. The van der Waals surface area contributed by atoms with Crippen LogP contribution >= 0.6 is 0 Å². The molecule has 24 heavy (non-hydrogen) atoms. The fraction of sp³-hybridized carbons (Fsp3) is 0.533. The van der Waals surface area contributed by atoms with Crippen molar-refractivity contribution in [2.45, 2.75) is 30.8 Å². The van der Waals surface area contributed by atoms with Gasteiger partial charge in [0.05, 0.1) is 4.90 Å². The first-order valence-corrected chi connectivity index (χ1v) is 8.99. The summed E-state index contributed by atoms with van der Waals surface area (Å²) in [6.45, 7) is 1.52. The SMILES string of the molecule is CC1CCN(S(=O)(=O)c2ccc(C(=O)NCC(F)(F)F)cc2)CC1. The Morgan fingerprint density at radius 3 is 2.25 bits per heavy atom. The zero-order valence-corrected chi connectivity index (χ0v) is 14.0. The number of carbonyl (C=O) groups is 1. The van der Waals surface area contributed by atoms with Crippen molar-refractivity contribution in [2.75, 3.05) is 19.6 Å². The third kappa shape index (κ3) is 4.70. The summed E-state index contributed by atoms with van der Waals surface area (Å²) >= 11 is 0. The minimum absolute atomic E-state index is 0.0227. The Morgan fingerprint density at radius 1 is 1.21 bits per heavy atom. The van der Waals surface area contributed by atoms with Crippen LogP contribution in [0.4, 0.5) is 13.2 Å². The smallest absolute Gasteiger partial charge is 0.343 e. The van der Waals surface area contributed by atoms with Crippen LogP contribution in [0, 0.1) is 5.92 Å². The summed E-state index contributed by atoms with van der Waals surface area (Å²) in [7, 11) is -3.64. The molecule has 5 nitrogen and oxygen atoms in total. The highest BCUT2D eigenvalue weighted by molar-refractivity contribution is 7.89. The molecule has 1 N–H and O–H groups in total. The fourth-order valence-electron chi connectivity index (χ4n) is 2.44. The van der Waals surface area contributed by atoms with Crippen molar-refractivity contribution >= 4 is 15.9 Å². The molecule has 0 atom stereocenters. The van der Waals surface area contributed by atoms with Crippen LogP contribution < -0.4 is 5.32 Å². The molecule has 0 radical (unpaired) electrons. The van der Waals surface area contributed by atoms with Gasteiger partial charge in [0, 0.05) is 18.7 Å². The molecule has 0 unspecified atom stereocenters. The number of piperidine rings is 1. The second-order valence-corrected chi connectivity index (χ2v) is 7.85. The molecule has 1 heterocycles. The van der Waals surface area contributed by atoms with Gasteiger partial charge in [-0.3, -0.25) is 4.79 Å². The number of alkyl halides is 3. The van der Waals surface area contributed by atoms with E-state index < -0.39 is 28.7 Å². The summed E-state index contributed by atoms with van der Waals surface area (Å²) in [5, 5.41) is 1.74. The van der Waals surface area contributed by atoms with Gasteiger partial charge in [-0.05, 0) is 43.0 Å². The molecule has 1 amide bonds. The third-order valence-corrected chi connectivity index (χ3v) is 5.86. The summed E-state index contributed by atoms with van der Waals surface area (Å²) in [5.41, 5.74) is -0.0227. The van der Waals surface area contributed by atoms with Gasteiger partial charge >= 0.3 is 6.18 Å². The van der Waals surface area contributed by atoms with Gasteiger partial charge < -0.3 is 5.32 Å². The summed E-state index contributed by atoms with van der Waals surface area (Å²) in [5.74, 6) is -0.417. The average Bonchev–Trinajstić information content (AvgIpc) is 2.52. The molecule has 1 aromatic rings. The first-order valence-electron chi connectivity index (χ1n) is 7.55. The molecule has 1 aliphatic rings. The van der Waals surface area contributed by atoms with Crippen molar-refractivity contribution < 1.29 is 26.4 Å². The zero-order chi connectivity index (χ0) is 18.0. The maximum Gasteiger partial charge on any atom is 0.405 e. The van der Waals surface area contributed by atoms with Crippen molar-refractivity contribution in [3.05, 3.63) is 29.8 Å². The molecule has 0 saturated carbocycles. The van der Waals surface area contributed by atoms with E-state index in [0.717, 1.165) is 12.8 Å². The number of rotatable bonds is 4. The van der Waals surface area contributed by atoms with E-state index in [1.54, 1.807) is 5.32 Å². The number of hydrogen-bond acceptors (Lipinski definition) is 3. The zero-order valence-electron chi connectivity index (χ0n) is 13.1. The lowest BCUT2D eigenvalue weighted by Gasteiger charge is -2.29. The third-order valence-electron chi connectivity index (χ3n) is 3.95. The van der Waals surface area contributed by atoms with Crippen LogP contribution in [0.2, 0.25) is 0 Å². The van der Waals surface area contributed by atoms with Gasteiger partial charge in [0.25, 0.3) is 5.91 Å². The molecule has 1 saturated heterocycles. The van der Waals surface area contributed by atoms with E-state index in [1.807, 2.05) is 0 Å². The van der Waals surface area contributed by atoms with Crippen LogP contribution in [0.5, 0.6) is 0 Å². The first kappa shape index (κ1) is 18.7. The Morgan fingerprint density at radius 2 is 1.75 bits per heavy atom. The Kier molecular flexibility index (Phi) is 5.54. The highest BCUT2D eigenvalue weighted by atomic mass is 32.2. The Labute approximate surface area is 138 Å². The summed E-state index contributed by atoms with van der Waals surface area (Å²) in [6, 6.07) is 4.92. The van der Waals surface area contributed by atoms with Crippen LogP contribution in [0.3, 0.4) is 0 Å². The lowest BCUT2D eigenvalue weighted by atomic mass is 10.0. The molecule has 0 spiro atoms. The number of sulfonamides is 1. The molecule has 1 aliphatic heterocycles. The van der Waals surface area contributed by atoms with Gasteiger partial charge in [-0.1, -0.05) is 6.92 Å². The fourth-order valence-corrected chi connectivity index (χ4v) is 3.90. The van der Waals surface area contributed by atoms with Gasteiger partial charge in [0.1, 0.15) is 6.54 Å². The predicted molar refractivity (Wildman–Crippen MR) is 82.0 cm³/mol. The molecular formula is C15H19F3N2O3S. The van der Waals surface area contributed by atoms with Gasteiger partial charge in [-0.15, -0.1) is 0 Å². The van der Waals surface area contributed by atoms with E-state index >= 15 is 0 Å². The highest BCUT2D eigenvalue weighted by Gasteiger charge is 2.29. The second kappa shape index (κ2) is 7.10. The molecule has 2 rings (SSSR count). The van der Waals surface area contributed by atoms with Crippen molar-refractivity contribution in [3.63, 3.8) is 0 Å². The van der Waals surface area contributed by atoms with Crippen LogP contribution in [0.25, 0.3) is 0 Å². The maximum atomic E-state index is 12.5. The number of carbonyl (C=O) groups excluding carboxylic acids is 1. The van der Waals surface area contributed by atoms with E-state index in [9.17, 15) is 26.4 Å². The Balaban J connectivity index is 2.07. The molecule has 0 bridgehead atoms. The summed E-state index contributed by atoms with van der Waals surface area (Å²) < 4.78 is 62.7. The van der Waals surface area contributed by atoms with Gasteiger partial charge in [0.2, 0.25) is 10.0 Å². The average molecular weight is 364 g/mol. The van der Waals surface area contributed by atoms with Crippen LogP contribution in [-0.4, -0.2) is 44.4 Å². The number of hydrogen-bond donors (Lipinski definition) is 1. The van der Waals surface area contributed by atoms with E-state index in [4.69, 9.17) is 0 Å². The number of nitrogens with one attached hydrogen (secondary N) is 1. The normalized spacial score (nSPS) is 17.7. The van der Waals surface area contributed by atoms with E-state index in [0.29, 0.717) is 19.0 Å². The molecule has 9 heteroatoms. The Hall–Kier alpha value is -1.61. The standard InChI is InChI=1S/C15H19F3N2O3S/c1-11-6-8-20(9-7-11)24(22,23)13-4-2-12(3-5-13)14(21)19-10-15(16,17)18/h2-5,11H,6-10H2,1H3,(H,19,21). The van der Waals surface area contributed by atoms with Gasteiger partial charge in [-0.2, -0.15) is 17.5 Å². The Bertz CT molecular complexity index is 679. The van der Waals surface area contributed by atoms with Crippen molar-refractivity contribution in [1.82, 2.24) is 9.62 Å². The number of benzene rings is 1. The molecule has 1 fully saturated rings. The second-order valence-electron chi connectivity index (χ2n) is 5.91. The van der Waals surface area contributed by atoms with Crippen LogP contribution in [-0.2, 0) is 10.0 Å². The molecule has 0 aromatic heterocycles. The quantitative estimate of drug-likeness (QED) is 0.892. The lowest BCUT2D eigenvalue weighted by molar-refractivity contribution is -0.123. The highest BCUT2D eigenvalue weighted by Crippen LogP contribution is 2.23.